The van der Waals surface area contributed by atoms with Crippen LogP contribution in [0.25, 0.3) is 10.9 Å². The van der Waals surface area contributed by atoms with Crippen molar-refractivity contribution < 1.29 is 0 Å². The van der Waals surface area contributed by atoms with Crippen molar-refractivity contribution in [3.05, 3.63) is 39.5 Å². The van der Waals surface area contributed by atoms with E-state index < -0.39 is 3.79 Å². The molecule has 0 N–H and O–H groups in total. The van der Waals surface area contributed by atoms with Crippen LogP contribution < -0.4 is 0 Å². The van der Waals surface area contributed by atoms with Gasteiger partial charge in [-0.1, -0.05) is 64.6 Å². The van der Waals surface area contributed by atoms with E-state index >= 15 is 0 Å². The molecule has 2 aromatic rings. The van der Waals surface area contributed by atoms with Gasteiger partial charge in [0.05, 0.1) is 10.5 Å². The molecule has 6 heteroatoms. The Bertz CT molecular complexity index is 550. The second-order valence-electron chi connectivity index (χ2n) is 3.10. The zero-order valence-corrected chi connectivity index (χ0v) is 12.3. The minimum Gasteiger partial charge on any atom is -0.247 e. The molecular formula is C10H4BrCl4N. The van der Waals surface area contributed by atoms with Crippen LogP contribution in [0.3, 0.4) is 0 Å². The maximum atomic E-state index is 6.09. The van der Waals surface area contributed by atoms with Crippen LogP contribution >= 0.6 is 62.3 Å². The first kappa shape index (κ1) is 12.7. The molecule has 0 aliphatic heterocycles. The van der Waals surface area contributed by atoms with Crippen LogP contribution in [0.5, 0.6) is 0 Å². The lowest BCUT2D eigenvalue weighted by Gasteiger charge is -2.14. The Morgan fingerprint density at radius 2 is 1.75 bits per heavy atom. The highest BCUT2D eigenvalue weighted by Crippen LogP contribution is 2.44. The van der Waals surface area contributed by atoms with E-state index in [1.165, 1.54) is 0 Å². The van der Waals surface area contributed by atoms with Gasteiger partial charge in [-0.3, -0.25) is 0 Å². The summed E-state index contributed by atoms with van der Waals surface area (Å²) in [6.45, 7) is 0. The fourth-order valence-corrected chi connectivity index (χ4v) is 2.70. The number of benzene rings is 1. The van der Waals surface area contributed by atoms with Crippen molar-refractivity contribution >= 4 is 73.2 Å². The smallest absolute Gasteiger partial charge is 0.234 e. The third-order valence-corrected chi connectivity index (χ3v) is 4.00. The Labute approximate surface area is 121 Å². The lowest BCUT2D eigenvalue weighted by molar-refractivity contribution is 1.11. The average Bonchev–Trinajstić information content (AvgIpc) is 2.22. The molecular weight excluding hydrogens is 356 g/mol. The van der Waals surface area contributed by atoms with Crippen molar-refractivity contribution in [1.29, 1.82) is 0 Å². The molecule has 0 saturated carbocycles. The maximum absolute atomic E-state index is 6.09. The lowest BCUT2D eigenvalue weighted by Crippen LogP contribution is -2.05. The predicted molar refractivity (Wildman–Crippen MR) is 73.7 cm³/mol. The zero-order valence-electron chi connectivity index (χ0n) is 7.65. The van der Waals surface area contributed by atoms with E-state index in [2.05, 4.69) is 20.9 Å². The number of rotatable bonds is 0. The van der Waals surface area contributed by atoms with Gasteiger partial charge in [-0.05, 0) is 22.0 Å². The van der Waals surface area contributed by atoms with Crippen molar-refractivity contribution in [3.8, 4) is 0 Å². The third kappa shape index (κ3) is 2.27. The lowest BCUT2D eigenvalue weighted by atomic mass is 10.2. The van der Waals surface area contributed by atoms with Gasteiger partial charge in [0, 0.05) is 9.86 Å². The molecule has 0 radical (unpaired) electrons. The molecule has 1 nitrogen and oxygen atoms in total. The van der Waals surface area contributed by atoms with Gasteiger partial charge < -0.3 is 0 Å². The SMILES string of the molecule is Clc1c(C(Cl)(Cl)Cl)nc2ccccc2c1Br. The molecule has 1 heterocycles. The van der Waals surface area contributed by atoms with Crippen molar-refractivity contribution in [3.63, 3.8) is 0 Å². The summed E-state index contributed by atoms with van der Waals surface area (Å²) in [6, 6.07) is 7.47. The van der Waals surface area contributed by atoms with Crippen LogP contribution in [0.2, 0.25) is 5.02 Å². The van der Waals surface area contributed by atoms with Crippen LogP contribution in [-0.2, 0) is 3.79 Å². The average molecular weight is 360 g/mol. The van der Waals surface area contributed by atoms with E-state index in [0.29, 0.717) is 9.50 Å². The molecule has 0 unspecified atom stereocenters. The number of para-hydroxylation sites is 1. The number of aromatic nitrogens is 1. The fourth-order valence-electron chi connectivity index (χ4n) is 1.34. The summed E-state index contributed by atoms with van der Waals surface area (Å²) in [7, 11) is 0. The van der Waals surface area contributed by atoms with E-state index in [1.54, 1.807) is 0 Å². The van der Waals surface area contributed by atoms with Crippen molar-refractivity contribution in [1.82, 2.24) is 4.98 Å². The number of fused-ring (bicyclic) bond motifs is 1. The zero-order chi connectivity index (χ0) is 11.9. The number of pyridine rings is 1. The minimum absolute atomic E-state index is 0.227. The molecule has 0 spiro atoms. The molecule has 0 aliphatic rings. The normalized spacial score (nSPS) is 12.1. The van der Waals surface area contributed by atoms with E-state index in [4.69, 9.17) is 46.4 Å². The first-order valence-electron chi connectivity index (χ1n) is 4.22. The quantitative estimate of drug-likeness (QED) is 0.568. The van der Waals surface area contributed by atoms with E-state index in [0.717, 1.165) is 10.9 Å². The molecule has 84 valence electrons. The third-order valence-electron chi connectivity index (χ3n) is 2.04. The first-order valence-corrected chi connectivity index (χ1v) is 6.52. The summed E-state index contributed by atoms with van der Waals surface area (Å²) in [6.07, 6.45) is 0. The molecule has 0 amide bonds. The number of hydrogen-bond donors (Lipinski definition) is 0. The Morgan fingerprint density at radius 1 is 1.12 bits per heavy atom. The molecule has 0 fully saturated rings. The number of hydrogen-bond acceptors (Lipinski definition) is 1. The summed E-state index contributed by atoms with van der Waals surface area (Å²) in [5, 5.41) is 1.20. The highest BCUT2D eigenvalue weighted by Gasteiger charge is 2.29. The van der Waals surface area contributed by atoms with Crippen molar-refractivity contribution in [2.45, 2.75) is 3.79 Å². The van der Waals surface area contributed by atoms with Crippen LogP contribution in [-0.4, -0.2) is 4.98 Å². The maximum Gasteiger partial charge on any atom is 0.234 e. The van der Waals surface area contributed by atoms with Crippen LogP contribution in [0.4, 0.5) is 0 Å². The Balaban J connectivity index is 2.84. The summed E-state index contributed by atoms with van der Waals surface area (Å²) in [5.41, 5.74) is 0.949. The molecule has 0 saturated heterocycles. The second-order valence-corrected chi connectivity index (χ2v) is 6.56. The van der Waals surface area contributed by atoms with Crippen molar-refractivity contribution in [2.75, 3.05) is 0 Å². The summed E-state index contributed by atoms with van der Waals surface area (Å²) < 4.78 is -0.954. The van der Waals surface area contributed by atoms with Gasteiger partial charge in [-0.25, -0.2) is 4.98 Å². The van der Waals surface area contributed by atoms with Gasteiger partial charge >= 0.3 is 0 Å². The standard InChI is InChI=1S/C10H4BrCl4N/c11-7-5-3-1-2-4-6(5)16-9(8(7)12)10(13,14)15/h1-4H. The molecule has 1 aromatic carbocycles. The van der Waals surface area contributed by atoms with Gasteiger partial charge in [0.2, 0.25) is 3.79 Å². The predicted octanol–water partition coefficient (Wildman–Crippen LogP) is 5.48. The number of alkyl halides is 3. The van der Waals surface area contributed by atoms with Crippen molar-refractivity contribution in [2.24, 2.45) is 0 Å². The van der Waals surface area contributed by atoms with E-state index in [9.17, 15) is 0 Å². The Morgan fingerprint density at radius 3 is 2.38 bits per heavy atom. The van der Waals surface area contributed by atoms with Crippen LogP contribution in [0, 0.1) is 0 Å². The highest BCUT2D eigenvalue weighted by atomic mass is 79.9. The van der Waals surface area contributed by atoms with Gasteiger partial charge in [-0.2, -0.15) is 0 Å². The summed E-state index contributed by atoms with van der Waals surface area (Å²) in [4.78, 5) is 4.25. The largest absolute Gasteiger partial charge is 0.247 e. The van der Waals surface area contributed by atoms with Gasteiger partial charge in [0.25, 0.3) is 0 Å². The summed E-state index contributed by atoms with van der Waals surface area (Å²) in [5.74, 6) is 0. The second kappa shape index (κ2) is 4.51. The van der Waals surface area contributed by atoms with Crippen LogP contribution in [0.1, 0.15) is 5.69 Å². The van der Waals surface area contributed by atoms with Crippen LogP contribution in [0.15, 0.2) is 28.7 Å². The topological polar surface area (TPSA) is 12.9 Å². The first-order chi connectivity index (χ1) is 7.41. The monoisotopic (exact) mass is 357 g/mol. The van der Waals surface area contributed by atoms with Gasteiger partial charge in [0.1, 0.15) is 5.69 Å². The molecule has 1 aromatic heterocycles. The molecule has 0 atom stereocenters. The minimum atomic E-state index is -1.64. The Kier molecular flexibility index (Phi) is 3.58. The van der Waals surface area contributed by atoms with Gasteiger partial charge in [0.15, 0.2) is 0 Å². The molecule has 0 aliphatic carbocycles. The molecule has 0 bridgehead atoms. The number of halogens is 5. The van der Waals surface area contributed by atoms with E-state index in [1.807, 2.05) is 24.3 Å². The highest BCUT2D eigenvalue weighted by molar-refractivity contribution is 9.10. The number of nitrogens with zero attached hydrogens (tertiary/aromatic N) is 1. The summed E-state index contributed by atoms with van der Waals surface area (Å²) >= 11 is 26.9. The molecule has 2 rings (SSSR count). The van der Waals surface area contributed by atoms with E-state index in [-0.39, 0.29) is 5.69 Å². The fraction of sp³-hybridized carbons (Fsp3) is 0.100. The Hall–Kier alpha value is 0.270. The molecule has 16 heavy (non-hydrogen) atoms. The van der Waals surface area contributed by atoms with Gasteiger partial charge in [-0.15, -0.1) is 0 Å².